The van der Waals surface area contributed by atoms with Gasteiger partial charge in [-0.05, 0) is 50.5 Å². The molecule has 6 nitrogen and oxygen atoms in total. The fourth-order valence-electron chi connectivity index (χ4n) is 2.79. The van der Waals surface area contributed by atoms with Gasteiger partial charge in [0.25, 0.3) is 0 Å². The number of methoxy groups -OCH3 is 1. The largest absolute Gasteiger partial charge is 0.496 e. The van der Waals surface area contributed by atoms with Gasteiger partial charge in [0.2, 0.25) is 0 Å². The number of aromatic nitrogens is 2. The quantitative estimate of drug-likeness (QED) is 0.282. The van der Waals surface area contributed by atoms with Crippen LogP contribution < -0.4 is 15.4 Å². The molecule has 2 aromatic rings. The predicted molar refractivity (Wildman–Crippen MR) is 118 cm³/mol. The summed E-state index contributed by atoms with van der Waals surface area (Å²) in [6, 6.07) is 8.29. The molecule has 2 N–H and O–H groups in total. The molecule has 0 atom stereocenters. The van der Waals surface area contributed by atoms with Crippen molar-refractivity contribution in [3.63, 3.8) is 0 Å². The Morgan fingerprint density at radius 2 is 1.96 bits per heavy atom. The van der Waals surface area contributed by atoms with Crippen molar-refractivity contribution in [1.82, 2.24) is 20.4 Å². The second-order valence-electron chi connectivity index (χ2n) is 6.16. The third-order valence-electron chi connectivity index (χ3n) is 4.09. The Kier molecular flexibility index (Phi) is 9.47. The number of halogens is 1. The number of nitrogens with one attached hydrogen (secondary N) is 2. The first-order valence-corrected chi connectivity index (χ1v) is 8.62. The van der Waals surface area contributed by atoms with Crippen molar-refractivity contribution >= 4 is 29.9 Å². The van der Waals surface area contributed by atoms with Crippen molar-refractivity contribution in [3.8, 4) is 5.75 Å². The molecule has 1 heterocycles. The Morgan fingerprint density at radius 3 is 2.54 bits per heavy atom. The highest BCUT2D eigenvalue weighted by atomic mass is 127. The van der Waals surface area contributed by atoms with Crippen molar-refractivity contribution in [2.45, 2.75) is 40.3 Å². The Bertz CT molecular complexity index is 727. The van der Waals surface area contributed by atoms with E-state index in [0.717, 1.165) is 49.0 Å². The third kappa shape index (κ3) is 6.51. The standard InChI is InChI=1S/C19H29N5O.HI/c1-14-11-17(7-8-18(14)25-5)13-22-19(20-4)21-9-6-10-24-16(3)12-15(2)23-24;/h7-8,11-12H,6,9-10,13H2,1-5H3,(H2,20,21,22);1H. The van der Waals surface area contributed by atoms with Gasteiger partial charge in [-0.3, -0.25) is 9.67 Å². The lowest BCUT2D eigenvalue weighted by atomic mass is 10.1. The average molecular weight is 471 g/mol. The molecule has 2 rings (SSSR count). The number of nitrogens with zero attached hydrogens (tertiary/aromatic N) is 3. The van der Waals surface area contributed by atoms with E-state index in [1.807, 2.05) is 24.6 Å². The number of guanidine groups is 1. The molecule has 0 bridgehead atoms. The molecule has 0 radical (unpaired) electrons. The zero-order valence-electron chi connectivity index (χ0n) is 16.3. The molecule has 1 aromatic heterocycles. The summed E-state index contributed by atoms with van der Waals surface area (Å²) in [6.45, 7) is 8.64. The summed E-state index contributed by atoms with van der Waals surface area (Å²) in [4.78, 5) is 4.27. The summed E-state index contributed by atoms with van der Waals surface area (Å²) in [5.41, 5.74) is 4.60. The number of hydrogen-bond donors (Lipinski definition) is 2. The van der Waals surface area contributed by atoms with Crippen LogP contribution in [0.5, 0.6) is 5.75 Å². The van der Waals surface area contributed by atoms with Gasteiger partial charge in [0, 0.05) is 32.4 Å². The van der Waals surface area contributed by atoms with Gasteiger partial charge in [0.15, 0.2) is 5.96 Å². The molecule has 0 aliphatic carbocycles. The monoisotopic (exact) mass is 471 g/mol. The highest BCUT2D eigenvalue weighted by molar-refractivity contribution is 14.0. The SMILES string of the molecule is CN=C(NCCCn1nc(C)cc1C)NCc1ccc(OC)c(C)c1.I. The normalized spacial score (nSPS) is 11.0. The predicted octanol–water partition coefficient (Wildman–Crippen LogP) is 3.19. The molecule has 0 unspecified atom stereocenters. The van der Waals surface area contributed by atoms with Crippen LogP contribution in [0.25, 0.3) is 0 Å². The van der Waals surface area contributed by atoms with Crippen molar-refractivity contribution in [1.29, 1.82) is 0 Å². The van der Waals surface area contributed by atoms with E-state index in [2.05, 4.69) is 45.8 Å². The first-order chi connectivity index (χ1) is 12.0. The van der Waals surface area contributed by atoms with Crippen LogP contribution in [-0.4, -0.2) is 36.4 Å². The van der Waals surface area contributed by atoms with Crippen LogP contribution in [0.15, 0.2) is 29.3 Å². The maximum absolute atomic E-state index is 5.29. The highest BCUT2D eigenvalue weighted by Gasteiger charge is 2.03. The van der Waals surface area contributed by atoms with Crippen molar-refractivity contribution < 1.29 is 4.74 Å². The maximum atomic E-state index is 5.29. The minimum atomic E-state index is 0. The molecule has 0 saturated heterocycles. The highest BCUT2D eigenvalue weighted by Crippen LogP contribution is 2.18. The molecule has 0 amide bonds. The van der Waals surface area contributed by atoms with E-state index in [1.165, 1.54) is 11.3 Å². The Hall–Kier alpha value is -1.77. The van der Waals surface area contributed by atoms with E-state index in [-0.39, 0.29) is 24.0 Å². The molecule has 0 saturated carbocycles. The molecule has 0 aliphatic rings. The zero-order valence-corrected chi connectivity index (χ0v) is 18.6. The Balaban J connectivity index is 0.00000338. The van der Waals surface area contributed by atoms with Crippen LogP contribution in [0.1, 0.15) is 28.9 Å². The fourth-order valence-corrected chi connectivity index (χ4v) is 2.79. The molecule has 1 aromatic carbocycles. The lowest BCUT2D eigenvalue weighted by Crippen LogP contribution is -2.37. The van der Waals surface area contributed by atoms with Gasteiger partial charge in [-0.15, -0.1) is 24.0 Å². The van der Waals surface area contributed by atoms with Gasteiger partial charge in [0.05, 0.1) is 12.8 Å². The second-order valence-corrected chi connectivity index (χ2v) is 6.16. The molecule has 0 aliphatic heterocycles. The van der Waals surface area contributed by atoms with Gasteiger partial charge >= 0.3 is 0 Å². The number of aryl methyl sites for hydroxylation is 4. The molecule has 7 heteroatoms. The molecule has 0 spiro atoms. The van der Waals surface area contributed by atoms with Crippen LogP contribution in [0.2, 0.25) is 0 Å². The van der Waals surface area contributed by atoms with E-state index in [4.69, 9.17) is 4.74 Å². The first-order valence-electron chi connectivity index (χ1n) is 8.62. The molecule has 0 fully saturated rings. The third-order valence-corrected chi connectivity index (χ3v) is 4.09. The summed E-state index contributed by atoms with van der Waals surface area (Å²) in [5, 5.41) is 11.2. The van der Waals surface area contributed by atoms with Gasteiger partial charge in [0.1, 0.15) is 5.75 Å². The van der Waals surface area contributed by atoms with Crippen LogP contribution in [-0.2, 0) is 13.1 Å². The van der Waals surface area contributed by atoms with Crippen LogP contribution >= 0.6 is 24.0 Å². The minimum absolute atomic E-state index is 0. The number of aliphatic imine (C=N–C) groups is 1. The van der Waals surface area contributed by atoms with E-state index in [0.29, 0.717) is 0 Å². The van der Waals surface area contributed by atoms with Crippen molar-refractivity contribution in [3.05, 3.63) is 46.8 Å². The fraction of sp³-hybridized carbons (Fsp3) is 0.474. The van der Waals surface area contributed by atoms with Gasteiger partial charge in [-0.25, -0.2) is 0 Å². The van der Waals surface area contributed by atoms with Gasteiger partial charge < -0.3 is 15.4 Å². The number of ether oxygens (including phenoxy) is 1. The Morgan fingerprint density at radius 1 is 1.19 bits per heavy atom. The van der Waals surface area contributed by atoms with Gasteiger partial charge in [-0.2, -0.15) is 5.10 Å². The first kappa shape index (κ1) is 22.3. The smallest absolute Gasteiger partial charge is 0.191 e. The summed E-state index contributed by atoms with van der Waals surface area (Å²) in [7, 11) is 3.48. The van der Waals surface area contributed by atoms with Gasteiger partial charge in [-0.1, -0.05) is 12.1 Å². The van der Waals surface area contributed by atoms with Crippen LogP contribution in [0.3, 0.4) is 0 Å². The lowest BCUT2D eigenvalue weighted by Gasteiger charge is -2.13. The Labute approximate surface area is 173 Å². The van der Waals surface area contributed by atoms with Crippen molar-refractivity contribution in [2.24, 2.45) is 4.99 Å². The van der Waals surface area contributed by atoms with Crippen LogP contribution in [0, 0.1) is 20.8 Å². The second kappa shape index (κ2) is 11.1. The van der Waals surface area contributed by atoms with E-state index < -0.39 is 0 Å². The number of rotatable bonds is 7. The maximum Gasteiger partial charge on any atom is 0.191 e. The lowest BCUT2D eigenvalue weighted by molar-refractivity contribution is 0.411. The molecule has 26 heavy (non-hydrogen) atoms. The minimum Gasteiger partial charge on any atom is -0.496 e. The summed E-state index contributed by atoms with van der Waals surface area (Å²) < 4.78 is 7.34. The van der Waals surface area contributed by atoms with Crippen LogP contribution in [0.4, 0.5) is 0 Å². The van der Waals surface area contributed by atoms with E-state index in [9.17, 15) is 0 Å². The molecular formula is C19H30IN5O. The summed E-state index contributed by atoms with van der Waals surface area (Å²) in [5.74, 6) is 1.72. The van der Waals surface area contributed by atoms with E-state index in [1.54, 1.807) is 14.2 Å². The van der Waals surface area contributed by atoms with E-state index >= 15 is 0 Å². The number of benzene rings is 1. The molecule has 144 valence electrons. The number of hydrogen-bond acceptors (Lipinski definition) is 3. The zero-order chi connectivity index (χ0) is 18.2. The topological polar surface area (TPSA) is 63.5 Å². The average Bonchev–Trinajstić information content (AvgIpc) is 2.91. The summed E-state index contributed by atoms with van der Waals surface area (Å²) in [6.07, 6.45) is 0.990. The summed E-state index contributed by atoms with van der Waals surface area (Å²) >= 11 is 0. The molecular weight excluding hydrogens is 441 g/mol. The van der Waals surface area contributed by atoms with Crippen molar-refractivity contribution in [2.75, 3.05) is 20.7 Å².